The van der Waals surface area contributed by atoms with Crippen LogP contribution in [0.1, 0.15) is 17.5 Å². The lowest BCUT2D eigenvalue weighted by Gasteiger charge is -2.27. The van der Waals surface area contributed by atoms with Crippen LogP contribution in [0.5, 0.6) is 0 Å². The smallest absolute Gasteiger partial charge is 0.176 e. The number of ketones is 1. The Morgan fingerprint density at radius 3 is 3.10 bits per heavy atom. The second-order valence-corrected chi connectivity index (χ2v) is 5.52. The first-order valence-corrected chi connectivity index (χ1v) is 7.02. The SMILES string of the molecule is N[C@H]1C=C2C(=CC1=O)CCN1C=CCc3cccc2c31. The van der Waals surface area contributed by atoms with E-state index in [2.05, 4.69) is 35.4 Å². The zero-order valence-corrected chi connectivity index (χ0v) is 11.2. The van der Waals surface area contributed by atoms with Crippen LogP contribution in [0.15, 0.2) is 48.2 Å². The number of anilines is 1. The van der Waals surface area contributed by atoms with E-state index in [-0.39, 0.29) is 5.78 Å². The third kappa shape index (κ3) is 1.60. The zero-order valence-electron chi connectivity index (χ0n) is 11.2. The molecule has 2 heterocycles. The van der Waals surface area contributed by atoms with E-state index in [0.717, 1.165) is 30.5 Å². The predicted molar refractivity (Wildman–Crippen MR) is 80.3 cm³/mol. The van der Waals surface area contributed by atoms with Crippen LogP contribution in [0.4, 0.5) is 5.69 Å². The van der Waals surface area contributed by atoms with Gasteiger partial charge in [0.15, 0.2) is 5.78 Å². The summed E-state index contributed by atoms with van der Waals surface area (Å²) in [6.45, 7) is 0.909. The first-order valence-electron chi connectivity index (χ1n) is 7.02. The van der Waals surface area contributed by atoms with Crippen LogP contribution in [0, 0.1) is 0 Å². The zero-order chi connectivity index (χ0) is 13.7. The third-order valence-corrected chi connectivity index (χ3v) is 4.28. The Labute approximate surface area is 118 Å². The lowest BCUT2D eigenvalue weighted by Crippen LogP contribution is -2.29. The highest BCUT2D eigenvalue weighted by Crippen LogP contribution is 2.41. The van der Waals surface area contributed by atoms with Gasteiger partial charge in [-0.25, -0.2) is 0 Å². The molecular weight excluding hydrogens is 248 g/mol. The fourth-order valence-corrected chi connectivity index (χ4v) is 3.31. The van der Waals surface area contributed by atoms with Gasteiger partial charge in [0.1, 0.15) is 0 Å². The number of hydrogen-bond acceptors (Lipinski definition) is 3. The number of rotatable bonds is 0. The summed E-state index contributed by atoms with van der Waals surface area (Å²) < 4.78 is 0. The Morgan fingerprint density at radius 1 is 1.30 bits per heavy atom. The summed E-state index contributed by atoms with van der Waals surface area (Å²) in [5.41, 5.74) is 12.0. The third-order valence-electron chi connectivity index (χ3n) is 4.28. The average molecular weight is 264 g/mol. The van der Waals surface area contributed by atoms with Gasteiger partial charge in [-0.2, -0.15) is 0 Å². The standard InChI is InChI=1S/C17H16N2O/c18-15-10-14-12(9-16(15)20)6-8-19-7-2-4-11-3-1-5-13(14)17(11)19/h1-3,5,7,9-10,15H,4,6,8,18H2/t15-/m0/s1. The molecule has 0 amide bonds. The normalized spacial score (nSPS) is 23.6. The molecule has 2 aliphatic heterocycles. The maximum Gasteiger partial charge on any atom is 0.176 e. The van der Waals surface area contributed by atoms with Crippen LogP contribution in [-0.2, 0) is 11.2 Å². The van der Waals surface area contributed by atoms with Crippen LogP contribution >= 0.6 is 0 Å². The van der Waals surface area contributed by atoms with Crippen molar-refractivity contribution < 1.29 is 4.79 Å². The molecule has 20 heavy (non-hydrogen) atoms. The fourth-order valence-electron chi connectivity index (χ4n) is 3.31. The summed E-state index contributed by atoms with van der Waals surface area (Å²) in [4.78, 5) is 14.1. The van der Waals surface area contributed by atoms with Gasteiger partial charge in [-0.05, 0) is 35.6 Å². The van der Waals surface area contributed by atoms with Crippen molar-refractivity contribution in [3.8, 4) is 0 Å². The second-order valence-electron chi connectivity index (χ2n) is 5.52. The highest BCUT2D eigenvalue weighted by Gasteiger charge is 2.28. The van der Waals surface area contributed by atoms with Crippen LogP contribution in [0.25, 0.3) is 5.57 Å². The van der Waals surface area contributed by atoms with Gasteiger partial charge in [-0.3, -0.25) is 4.79 Å². The summed E-state index contributed by atoms with van der Waals surface area (Å²) in [6, 6.07) is 5.91. The molecule has 1 atom stereocenters. The Kier molecular flexibility index (Phi) is 2.44. The number of hydrogen-bond donors (Lipinski definition) is 1. The summed E-state index contributed by atoms with van der Waals surface area (Å²) >= 11 is 0. The van der Waals surface area contributed by atoms with Crippen LogP contribution in [-0.4, -0.2) is 18.4 Å². The molecule has 0 radical (unpaired) electrons. The molecule has 0 fully saturated rings. The number of allylic oxidation sites excluding steroid dienone is 2. The predicted octanol–water partition coefficient (Wildman–Crippen LogP) is 2.19. The maximum absolute atomic E-state index is 11.8. The van der Waals surface area contributed by atoms with E-state index < -0.39 is 6.04 Å². The molecule has 3 nitrogen and oxygen atoms in total. The summed E-state index contributed by atoms with van der Waals surface area (Å²) in [5.74, 6) is 0.0142. The molecule has 100 valence electrons. The average Bonchev–Trinajstić information content (AvgIpc) is 2.61. The molecular formula is C17H16N2O. The van der Waals surface area contributed by atoms with Crippen molar-refractivity contribution >= 4 is 17.0 Å². The van der Waals surface area contributed by atoms with E-state index in [1.807, 2.05) is 6.08 Å². The van der Waals surface area contributed by atoms with Crippen molar-refractivity contribution in [2.24, 2.45) is 5.73 Å². The summed E-state index contributed by atoms with van der Waals surface area (Å²) in [5, 5.41) is 0. The minimum Gasteiger partial charge on any atom is -0.347 e. The van der Waals surface area contributed by atoms with E-state index >= 15 is 0 Å². The molecule has 3 heteroatoms. The van der Waals surface area contributed by atoms with Gasteiger partial charge < -0.3 is 10.6 Å². The number of carbonyl (C=O) groups excluding carboxylic acids is 1. The van der Waals surface area contributed by atoms with Gasteiger partial charge in [0.05, 0.1) is 11.7 Å². The van der Waals surface area contributed by atoms with Gasteiger partial charge in [0.25, 0.3) is 0 Å². The van der Waals surface area contributed by atoms with E-state index in [0.29, 0.717) is 0 Å². The monoisotopic (exact) mass is 264 g/mol. The molecule has 0 bridgehead atoms. The number of nitrogens with zero attached hydrogens (tertiary/aromatic N) is 1. The molecule has 4 rings (SSSR count). The van der Waals surface area contributed by atoms with Gasteiger partial charge in [-0.1, -0.05) is 30.4 Å². The summed E-state index contributed by atoms with van der Waals surface area (Å²) in [7, 11) is 0. The van der Waals surface area contributed by atoms with Crippen molar-refractivity contribution in [1.82, 2.24) is 0 Å². The maximum atomic E-state index is 11.8. The molecule has 0 aromatic heterocycles. The molecule has 1 aromatic carbocycles. The Balaban J connectivity index is 1.97. The van der Waals surface area contributed by atoms with Crippen LogP contribution in [0.2, 0.25) is 0 Å². The topological polar surface area (TPSA) is 46.3 Å². The number of para-hydroxylation sites is 1. The van der Waals surface area contributed by atoms with Crippen LogP contribution in [0.3, 0.4) is 0 Å². The molecule has 1 aromatic rings. The minimum atomic E-state index is -0.504. The Bertz CT molecular complexity index is 697. The first-order chi connectivity index (χ1) is 9.74. The van der Waals surface area contributed by atoms with Crippen LogP contribution < -0.4 is 10.6 Å². The molecule has 0 saturated heterocycles. The van der Waals surface area contributed by atoms with Gasteiger partial charge in [0.2, 0.25) is 0 Å². The second kappa shape index (κ2) is 4.18. The number of nitrogens with two attached hydrogens (primary N) is 1. The lowest BCUT2D eigenvalue weighted by molar-refractivity contribution is -0.114. The number of carbonyl (C=O) groups is 1. The van der Waals surface area contributed by atoms with E-state index in [1.54, 1.807) is 6.08 Å². The Morgan fingerprint density at radius 2 is 2.20 bits per heavy atom. The fraction of sp³-hybridized carbons (Fsp3) is 0.235. The van der Waals surface area contributed by atoms with Crippen molar-refractivity contribution in [1.29, 1.82) is 0 Å². The lowest BCUT2D eigenvalue weighted by atomic mass is 9.87. The van der Waals surface area contributed by atoms with Gasteiger partial charge in [-0.15, -0.1) is 0 Å². The molecule has 0 unspecified atom stereocenters. The van der Waals surface area contributed by atoms with Crippen molar-refractivity contribution in [3.05, 3.63) is 59.3 Å². The van der Waals surface area contributed by atoms with Crippen molar-refractivity contribution in [3.63, 3.8) is 0 Å². The Hall–Kier alpha value is -2.13. The first kappa shape index (κ1) is 11.7. The molecule has 0 spiro atoms. The molecule has 0 saturated carbocycles. The minimum absolute atomic E-state index is 0.0142. The number of benzene rings is 1. The highest BCUT2D eigenvalue weighted by molar-refractivity contribution is 6.05. The molecule has 1 aliphatic carbocycles. The molecule has 3 aliphatic rings. The molecule has 2 N–H and O–H groups in total. The van der Waals surface area contributed by atoms with E-state index in [1.165, 1.54) is 16.8 Å². The van der Waals surface area contributed by atoms with E-state index in [9.17, 15) is 4.79 Å². The van der Waals surface area contributed by atoms with E-state index in [4.69, 9.17) is 5.73 Å². The quantitative estimate of drug-likeness (QED) is 0.781. The largest absolute Gasteiger partial charge is 0.347 e. The highest BCUT2D eigenvalue weighted by atomic mass is 16.1. The summed E-state index contributed by atoms with van der Waals surface area (Å²) in [6.07, 6.45) is 9.86. The van der Waals surface area contributed by atoms with Crippen molar-refractivity contribution in [2.75, 3.05) is 11.4 Å². The van der Waals surface area contributed by atoms with Gasteiger partial charge >= 0.3 is 0 Å². The number of fused-ring (bicyclic) bond motifs is 2. The van der Waals surface area contributed by atoms with Gasteiger partial charge in [0, 0.05) is 18.3 Å². The van der Waals surface area contributed by atoms with Crippen molar-refractivity contribution in [2.45, 2.75) is 18.9 Å².